The third-order valence-corrected chi connectivity index (χ3v) is 6.62. The van der Waals surface area contributed by atoms with E-state index in [0.717, 1.165) is 0 Å². The first-order valence-corrected chi connectivity index (χ1v) is 12.2. The molecule has 1 aliphatic rings. The molecule has 0 aromatic heterocycles. The van der Waals surface area contributed by atoms with Crippen LogP contribution in [0.15, 0.2) is 60.7 Å². The third-order valence-electron chi connectivity index (χ3n) is 6.36. The van der Waals surface area contributed by atoms with Gasteiger partial charge in [-0.05, 0) is 60.7 Å². The lowest BCUT2D eigenvalue weighted by Gasteiger charge is -2.39. The average Bonchev–Trinajstić information content (AvgIpc) is 2.91. The van der Waals surface area contributed by atoms with Crippen LogP contribution < -0.4 is 15.1 Å². The average molecular weight is 586 g/mol. The van der Waals surface area contributed by atoms with Crippen LogP contribution in [-0.4, -0.2) is 45.2 Å². The van der Waals surface area contributed by atoms with Crippen LogP contribution in [0.2, 0.25) is 5.02 Å². The first-order chi connectivity index (χ1) is 18.8. The van der Waals surface area contributed by atoms with Gasteiger partial charge in [0.25, 0.3) is 5.91 Å². The molecule has 1 aliphatic heterocycles. The lowest BCUT2D eigenvalue weighted by atomic mass is 10.1. The monoisotopic (exact) mass is 585 g/mol. The molecule has 0 unspecified atom stereocenters. The molecular formula is C27H22ClF6N3O3. The number of hydrogen-bond acceptors (Lipinski definition) is 5. The largest absolute Gasteiger partial charge is 0.465 e. The number of carbonyl (C=O) groups is 2. The fourth-order valence-corrected chi connectivity index (χ4v) is 4.48. The van der Waals surface area contributed by atoms with Crippen molar-refractivity contribution in [3.63, 3.8) is 0 Å². The summed E-state index contributed by atoms with van der Waals surface area (Å²) in [7, 11) is 1.20. The molecule has 0 saturated carbocycles. The van der Waals surface area contributed by atoms with E-state index in [1.807, 2.05) is 0 Å². The lowest BCUT2D eigenvalue weighted by molar-refractivity contribution is -0.141. The van der Waals surface area contributed by atoms with E-state index in [-0.39, 0.29) is 43.0 Å². The highest BCUT2D eigenvalue weighted by atomic mass is 35.5. The molecule has 13 heteroatoms. The second-order valence-electron chi connectivity index (χ2n) is 8.89. The van der Waals surface area contributed by atoms with Crippen molar-refractivity contribution < 1.29 is 40.7 Å². The number of amides is 1. The van der Waals surface area contributed by atoms with E-state index in [2.05, 4.69) is 5.32 Å². The van der Waals surface area contributed by atoms with Gasteiger partial charge in [0.1, 0.15) is 0 Å². The summed E-state index contributed by atoms with van der Waals surface area (Å²) < 4.78 is 85.5. The van der Waals surface area contributed by atoms with Gasteiger partial charge in [-0.2, -0.15) is 26.3 Å². The number of carbonyl (C=O) groups excluding carboxylic acids is 2. The molecule has 6 nitrogen and oxygen atoms in total. The maximum Gasteiger partial charge on any atom is 0.418 e. The Hall–Kier alpha value is -3.93. The summed E-state index contributed by atoms with van der Waals surface area (Å²) in [6, 6.07) is 11.9. The number of alkyl halides is 6. The quantitative estimate of drug-likeness (QED) is 0.265. The Morgan fingerprint density at radius 3 is 1.90 bits per heavy atom. The summed E-state index contributed by atoms with van der Waals surface area (Å²) in [5.74, 6) is -1.15. The van der Waals surface area contributed by atoms with Gasteiger partial charge >= 0.3 is 18.3 Å². The van der Waals surface area contributed by atoms with Crippen molar-refractivity contribution in [2.75, 3.05) is 48.4 Å². The maximum atomic E-state index is 13.6. The van der Waals surface area contributed by atoms with Crippen molar-refractivity contribution >= 4 is 40.5 Å². The van der Waals surface area contributed by atoms with Gasteiger partial charge in [0.05, 0.1) is 35.2 Å². The third kappa shape index (κ3) is 6.44. The van der Waals surface area contributed by atoms with Crippen molar-refractivity contribution in [3.05, 3.63) is 87.9 Å². The fourth-order valence-electron chi connectivity index (χ4n) is 4.35. The molecule has 212 valence electrons. The Morgan fingerprint density at radius 1 is 0.775 bits per heavy atom. The highest BCUT2D eigenvalue weighted by Gasteiger charge is 2.39. The smallest absolute Gasteiger partial charge is 0.418 e. The molecule has 0 bridgehead atoms. The van der Waals surface area contributed by atoms with E-state index in [1.165, 1.54) is 48.4 Å². The van der Waals surface area contributed by atoms with Gasteiger partial charge in [0, 0.05) is 42.5 Å². The van der Waals surface area contributed by atoms with Crippen molar-refractivity contribution in [1.82, 2.24) is 0 Å². The van der Waals surface area contributed by atoms with E-state index in [1.54, 1.807) is 11.0 Å². The Labute approximate surface area is 230 Å². The molecule has 3 aromatic carbocycles. The first-order valence-electron chi connectivity index (χ1n) is 11.9. The van der Waals surface area contributed by atoms with Crippen molar-refractivity contribution in [3.8, 4) is 0 Å². The molecule has 40 heavy (non-hydrogen) atoms. The minimum absolute atomic E-state index is 0.0340. The number of rotatable bonds is 5. The number of esters is 1. The van der Waals surface area contributed by atoms with Gasteiger partial charge in [-0.1, -0.05) is 11.6 Å². The Kier molecular flexibility index (Phi) is 8.20. The van der Waals surface area contributed by atoms with Crippen LogP contribution in [0.25, 0.3) is 0 Å². The van der Waals surface area contributed by atoms with Crippen LogP contribution in [0.5, 0.6) is 0 Å². The number of halogens is 7. The van der Waals surface area contributed by atoms with Crippen molar-refractivity contribution in [1.29, 1.82) is 0 Å². The zero-order chi connectivity index (χ0) is 29.2. The van der Waals surface area contributed by atoms with Crippen molar-refractivity contribution in [2.45, 2.75) is 12.4 Å². The predicted molar refractivity (Wildman–Crippen MR) is 138 cm³/mol. The topological polar surface area (TPSA) is 61.9 Å². The van der Waals surface area contributed by atoms with E-state index >= 15 is 0 Å². The second kappa shape index (κ2) is 11.3. The number of piperazine rings is 1. The van der Waals surface area contributed by atoms with Crippen LogP contribution in [0.3, 0.4) is 0 Å². The summed E-state index contributed by atoms with van der Waals surface area (Å²) in [4.78, 5) is 28.0. The molecule has 1 heterocycles. The Balaban J connectivity index is 1.61. The Morgan fingerprint density at radius 2 is 1.35 bits per heavy atom. The highest BCUT2D eigenvalue weighted by Crippen LogP contribution is 2.41. The number of ether oxygens (including phenoxy) is 1. The zero-order valence-electron chi connectivity index (χ0n) is 20.9. The number of benzene rings is 3. The van der Waals surface area contributed by atoms with Crippen LogP contribution in [0, 0.1) is 0 Å². The van der Waals surface area contributed by atoms with Gasteiger partial charge < -0.3 is 19.9 Å². The zero-order valence-corrected chi connectivity index (χ0v) is 21.6. The summed E-state index contributed by atoms with van der Waals surface area (Å²) in [5.41, 5.74) is -1.75. The summed E-state index contributed by atoms with van der Waals surface area (Å²) >= 11 is 5.88. The lowest BCUT2D eigenvalue weighted by Crippen LogP contribution is -2.47. The number of anilines is 3. The van der Waals surface area contributed by atoms with Crippen LogP contribution >= 0.6 is 11.6 Å². The van der Waals surface area contributed by atoms with E-state index in [0.29, 0.717) is 28.9 Å². The molecule has 0 atom stereocenters. The molecule has 0 aliphatic carbocycles. The first kappa shape index (κ1) is 29.1. The molecule has 1 amide bonds. The minimum Gasteiger partial charge on any atom is -0.465 e. The summed E-state index contributed by atoms with van der Waals surface area (Å²) in [6.07, 6.45) is -9.65. The standard InChI is InChI=1S/C27H22ClF6N3O3/c1-40-25(39)17-4-9-22(21(14-17)35-24(38)16-2-6-19(28)7-3-16)36-10-12-37(13-11-36)23-15-18(26(29,30)31)5-8-20(23)27(32,33)34/h2-9,14-15H,10-13H2,1H3,(H,35,38). The number of nitrogens with one attached hydrogen (secondary N) is 1. The second-order valence-corrected chi connectivity index (χ2v) is 9.32. The summed E-state index contributed by atoms with van der Waals surface area (Å²) in [6.45, 7) is 0.172. The normalized spacial score (nSPS) is 14.2. The van der Waals surface area contributed by atoms with Crippen molar-refractivity contribution in [2.24, 2.45) is 0 Å². The molecule has 4 rings (SSSR count). The van der Waals surface area contributed by atoms with Gasteiger partial charge in [0.15, 0.2) is 0 Å². The predicted octanol–water partition coefficient (Wildman–Crippen LogP) is 6.74. The molecular weight excluding hydrogens is 564 g/mol. The molecule has 1 N–H and O–H groups in total. The fraction of sp³-hybridized carbons (Fsp3) is 0.259. The highest BCUT2D eigenvalue weighted by molar-refractivity contribution is 6.30. The molecule has 3 aromatic rings. The van der Waals surface area contributed by atoms with Crippen LogP contribution in [0.1, 0.15) is 31.8 Å². The molecule has 0 spiro atoms. The number of nitrogens with zero attached hydrogens (tertiary/aromatic N) is 2. The Bertz CT molecular complexity index is 1400. The number of hydrogen-bond donors (Lipinski definition) is 1. The van der Waals surface area contributed by atoms with E-state index in [9.17, 15) is 35.9 Å². The van der Waals surface area contributed by atoms with Gasteiger partial charge in [0.2, 0.25) is 0 Å². The summed E-state index contributed by atoms with van der Waals surface area (Å²) in [5, 5.41) is 3.17. The SMILES string of the molecule is COC(=O)c1ccc(N2CCN(c3cc(C(F)(F)F)ccc3C(F)(F)F)CC2)c(NC(=O)c2ccc(Cl)cc2)c1. The molecule has 1 saturated heterocycles. The minimum atomic E-state index is -4.85. The van der Waals surface area contributed by atoms with E-state index < -0.39 is 41.0 Å². The van der Waals surface area contributed by atoms with Crippen LogP contribution in [-0.2, 0) is 17.1 Å². The molecule has 1 fully saturated rings. The number of methoxy groups -OCH3 is 1. The molecule has 0 radical (unpaired) electrons. The maximum absolute atomic E-state index is 13.6. The van der Waals surface area contributed by atoms with Gasteiger partial charge in [-0.15, -0.1) is 0 Å². The van der Waals surface area contributed by atoms with E-state index in [4.69, 9.17) is 16.3 Å². The van der Waals surface area contributed by atoms with Crippen LogP contribution in [0.4, 0.5) is 43.4 Å². The van der Waals surface area contributed by atoms with Gasteiger partial charge in [-0.3, -0.25) is 4.79 Å². The van der Waals surface area contributed by atoms with Gasteiger partial charge in [-0.25, -0.2) is 4.79 Å².